The van der Waals surface area contributed by atoms with Crippen LogP contribution in [0.15, 0.2) is 192 Å². The fourth-order valence-electron chi connectivity index (χ4n) is 8.74. The molecule has 0 spiro atoms. The lowest BCUT2D eigenvalue weighted by atomic mass is 10.0. The summed E-state index contributed by atoms with van der Waals surface area (Å²) < 4.78 is 11.8. The molecule has 12 aromatic rings. The zero-order valence-corrected chi connectivity index (χ0v) is 30.5. The van der Waals surface area contributed by atoms with E-state index in [4.69, 9.17) is 19.4 Å². The van der Waals surface area contributed by atoms with Crippen molar-refractivity contribution >= 4 is 65.6 Å². The smallest absolute Gasteiger partial charge is 0.164 e. The molecule has 0 radical (unpaired) electrons. The molecule has 0 atom stereocenters. The van der Waals surface area contributed by atoms with Gasteiger partial charge in [0.25, 0.3) is 0 Å². The van der Waals surface area contributed by atoms with Gasteiger partial charge in [0, 0.05) is 49.3 Å². The first-order valence-corrected chi connectivity index (χ1v) is 19.1. The van der Waals surface area contributed by atoms with Gasteiger partial charge in [-0.2, -0.15) is 0 Å². The summed E-state index contributed by atoms with van der Waals surface area (Å²) in [6.45, 7) is 0. The zero-order valence-electron chi connectivity index (χ0n) is 30.5. The molecule has 4 aromatic heterocycles. The summed E-state index contributed by atoms with van der Waals surface area (Å²) in [6.07, 6.45) is 0. The van der Waals surface area contributed by atoms with Crippen molar-refractivity contribution in [3.05, 3.63) is 188 Å². The second-order valence-corrected chi connectivity index (χ2v) is 14.4. The SMILES string of the molecule is c1ccc(-c2nc(-c3ccccc3)nc(-c3cccc4c3c3ccc5c(oc6cccc(-n7c8ccccc8c8ccccc87)c65)c3n4-c3ccccc3)n2)cc1. The van der Waals surface area contributed by atoms with Crippen LogP contribution in [0.1, 0.15) is 0 Å². The zero-order chi connectivity index (χ0) is 37.5. The highest BCUT2D eigenvalue weighted by atomic mass is 16.3. The fourth-order valence-corrected chi connectivity index (χ4v) is 8.74. The van der Waals surface area contributed by atoms with E-state index >= 15 is 0 Å². The van der Waals surface area contributed by atoms with Crippen LogP contribution in [0.25, 0.3) is 111 Å². The predicted octanol–water partition coefficient (Wildman–Crippen LogP) is 13.0. The molecule has 0 saturated carbocycles. The van der Waals surface area contributed by atoms with Crippen molar-refractivity contribution < 1.29 is 4.42 Å². The summed E-state index contributed by atoms with van der Waals surface area (Å²) >= 11 is 0. The van der Waals surface area contributed by atoms with Crippen molar-refractivity contribution in [3.8, 4) is 45.5 Å². The topological polar surface area (TPSA) is 61.7 Å². The molecule has 0 amide bonds. The van der Waals surface area contributed by atoms with Gasteiger partial charge in [0.2, 0.25) is 0 Å². The minimum Gasteiger partial charge on any atom is -0.454 e. The van der Waals surface area contributed by atoms with Gasteiger partial charge in [-0.15, -0.1) is 0 Å². The van der Waals surface area contributed by atoms with Gasteiger partial charge in [-0.3, -0.25) is 0 Å². The fraction of sp³-hybridized carbons (Fsp3) is 0. The Hall–Kier alpha value is -7.83. The highest BCUT2D eigenvalue weighted by Gasteiger charge is 2.25. The van der Waals surface area contributed by atoms with E-state index in [0.29, 0.717) is 17.5 Å². The molecule has 8 aromatic carbocycles. The van der Waals surface area contributed by atoms with Gasteiger partial charge in [0.05, 0.1) is 33.1 Å². The molecule has 57 heavy (non-hydrogen) atoms. The lowest BCUT2D eigenvalue weighted by molar-refractivity contribution is 0.671. The Morgan fingerprint density at radius 3 is 1.58 bits per heavy atom. The number of rotatable bonds is 5. The molecular weight excluding hydrogens is 699 g/mol. The molecule has 0 fully saturated rings. The van der Waals surface area contributed by atoms with E-state index in [1.807, 2.05) is 60.7 Å². The van der Waals surface area contributed by atoms with Gasteiger partial charge in [-0.25, -0.2) is 15.0 Å². The van der Waals surface area contributed by atoms with Crippen LogP contribution >= 0.6 is 0 Å². The maximum atomic E-state index is 7.04. The van der Waals surface area contributed by atoms with Crippen molar-refractivity contribution in [3.63, 3.8) is 0 Å². The van der Waals surface area contributed by atoms with Crippen molar-refractivity contribution in [2.45, 2.75) is 0 Å². The number of para-hydroxylation sites is 3. The molecular formula is C51H31N5O. The van der Waals surface area contributed by atoms with E-state index < -0.39 is 0 Å². The normalized spacial score (nSPS) is 11.9. The van der Waals surface area contributed by atoms with Crippen LogP contribution in [0.5, 0.6) is 0 Å². The molecule has 0 unspecified atom stereocenters. The highest BCUT2D eigenvalue weighted by molar-refractivity contribution is 6.25. The molecule has 0 bridgehead atoms. The van der Waals surface area contributed by atoms with Crippen molar-refractivity contribution in [1.82, 2.24) is 24.1 Å². The number of hydrogen-bond donors (Lipinski definition) is 0. The molecule has 0 saturated heterocycles. The minimum absolute atomic E-state index is 0.610. The third-order valence-electron chi connectivity index (χ3n) is 11.2. The minimum atomic E-state index is 0.610. The first kappa shape index (κ1) is 31.5. The van der Waals surface area contributed by atoms with E-state index in [-0.39, 0.29) is 0 Å². The Bertz CT molecular complexity index is 3400. The van der Waals surface area contributed by atoms with E-state index in [0.717, 1.165) is 82.8 Å². The largest absolute Gasteiger partial charge is 0.454 e. The van der Waals surface area contributed by atoms with Crippen LogP contribution < -0.4 is 0 Å². The Morgan fingerprint density at radius 1 is 0.368 bits per heavy atom. The first-order chi connectivity index (χ1) is 28.3. The second-order valence-electron chi connectivity index (χ2n) is 14.4. The van der Waals surface area contributed by atoms with Gasteiger partial charge in [-0.05, 0) is 48.5 Å². The third-order valence-corrected chi connectivity index (χ3v) is 11.2. The Balaban J connectivity index is 1.18. The molecule has 6 nitrogen and oxygen atoms in total. The molecule has 12 rings (SSSR count). The highest BCUT2D eigenvalue weighted by Crippen LogP contribution is 2.45. The standard InChI is InChI=1S/C51H31N5O/c1-4-16-32(17-5-1)49-52-50(33-18-6-2-7-19-33)54-51(53-49)39-24-14-27-42-45(39)37-30-31-38-46-43(56-40-25-12-10-22-35(40)36-23-11-13-26-41(36)56)28-15-29-44(46)57-48(38)47(37)55(42)34-20-8-3-9-21-34/h1-31H. The Morgan fingerprint density at radius 2 is 0.912 bits per heavy atom. The molecule has 4 heterocycles. The van der Waals surface area contributed by atoms with Gasteiger partial charge in [0.15, 0.2) is 23.1 Å². The summed E-state index contributed by atoms with van der Waals surface area (Å²) in [4.78, 5) is 15.3. The number of benzene rings is 8. The quantitative estimate of drug-likeness (QED) is 0.177. The van der Waals surface area contributed by atoms with E-state index in [1.165, 1.54) is 10.8 Å². The van der Waals surface area contributed by atoms with E-state index in [1.54, 1.807) is 0 Å². The molecule has 0 aliphatic carbocycles. The number of hydrogen-bond acceptors (Lipinski definition) is 4. The van der Waals surface area contributed by atoms with Crippen LogP contribution in [0, 0.1) is 0 Å². The molecule has 0 aliphatic rings. The number of aromatic nitrogens is 5. The van der Waals surface area contributed by atoms with Crippen molar-refractivity contribution in [1.29, 1.82) is 0 Å². The second kappa shape index (κ2) is 12.3. The maximum Gasteiger partial charge on any atom is 0.164 e. The molecule has 266 valence electrons. The lowest BCUT2D eigenvalue weighted by Crippen LogP contribution is -2.00. The Kier molecular flexibility index (Phi) is 6.83. The molecule has 0 aliphatic heterocycles. The van der Waals surface area contributed by atoms with Crippen LogP contribution in [-0.2, 0) is 0 Å². The predicted molar refractivity (Wildman–Crippen MR) is 232 cm³/mol. The number of furan rings is 1. The first-order valence-electron chi connectivity index (χ1n) is 19.1. The summed E-state index contributed by atoms with van der Waals surface area (Å²) in [7, 11) is 0. The van der Waals surface area contributed by atoms with Crippen molar-refractivity contribution in [2.75, 3.05) is 0 Å². The average Bonchev–Trinajstić information content (AvgIpc) is 3.95. The third kappa shape index (κ3) is 4.74. The van der Waals surface area contributed by atoms with Crippen molar-refractivity contribution in [2.24, 2.45) is 0 Å². The van der Waals surface area contributed by atoms with Crippen LogP contribution in [-0.4, -0.2) is 24.1 Å². The summed E-state index contributed by atoms with van der Waals surface area (Å²) in [6, 6.07) is 65.3. The van der Waals surface area contributed by atoms with Gasteiger partial charge >= 0.3 is 0 Å². The lowest BCUT2D eigenvalue weighted by Gasteiger charge is -2.10. The summed E-state index contributed by atoms with van der Waals surface area (Å²) in [5, 5.41) is 6.67. The molecule has 0 N–H and O–H groups in total. The molecule has 6 heteroatoms. The van der Waals surface area contributed by atoms with Gasteiger partial charge in [0.1, 0.15) is 5.58 Å². The van der Waals surface area contributed by atoms with Crippen LogP contribution in [0.2, 0.25) is 0 Å². The Labute approximate surface area is 326 Å². The monoisotopic (exact) mass is 729 g/mol. The summed E-state index contributed by atoms with van der Waals surface area (Å²) in [5.41, 5.74) is 10.9. The van der Waals surface area contributed by atoms with Crippen LogP contribution in [0.4, 0.5) is 0 Å². The maximum absolute atomic E-state index is 7.04. The summed E-state index contributed by atoms with van der Waals surface area (Å²) in [5.74, 6) is 1.86. The average molecular weight is 730 g/mol. The van der Waals surface area contributed by atoms with Crippen LogP contribution in [0.3, 0.4) is 0 Å². The van der Waals surface area contributed by atoms with E-state index in [9.17, 15) is 0 Å². The van der Waals surface area contributed by atoms with Gasteiger partial charge < -0.3 is 13.6 Å². The van der Waals surface area contributed by atoms with Gasteiger partial charge in [-0.1, -0.05) is 140 Å². The number of nitrogens with zero attached hydrogens (tertiary/aromatic N) is 5. The van der Waals surface area contributed by atoms with E-state index in [2.05, 4.69) is 137 Å². The number of fused-ring (bicyclic) bond motifs is 10.